The molecule has 8 heteroatoms. The zero-order valence-electron chi connectivity index (χ0n) is 36.6. The number of aryl methyl sites for hydroxylation is 8. The minimum absolute atomic E-state index is 0. The molecule has 0 aliphatic heterocycles. The minimum Gasteiger partial charge on any atom is -0.381 e. The van der Waals surface area contributed by atoms with Gasteiger partial charge in [0.05, 0.1) is 17.5 Å². The summed E-state index contributed by atoms with van der Waals surface area (Å²) in [5, 5.41) is 19.1. The van der Waals surface area contributed by atoms with Gasteiger partial charge in [0.15, 0.2) is 0 Å². The van der Waals surface area contributed by atoms with Crippen LogP contribution in [0, 0.1) is 67.5 Å². The van der Waals surface area contributed by atoms with Crippen LogP contribution in [0.5, 0.6) is 0 Å². The third-order valence-electron chi connectivity index (χ3n) is 12.1. The number of nitrogens with zero attached hydrogens (tertiary/aromatic N) is 6. The molecule has 4 heterocycles. The number of ether oxygens (including phenoxy) is 1. The van der Waals surface area contributed by atoms with E-state index in [1.165, 1.54) is 60.5 Å². The number of pyridine rings is 2. The minimum atomic E-state index is 0. The molecule has 0 amide bonds. The second-order valence-electron chi connectivity index (χ2n) is 16.5. The molecule has 0 fully saturated rings. The van der Waals surface area contributed by atoms with Crippen LogP contribution in [0.25, 0.3) is 76.5 Å². The van der Waals surface area contributed by atoms with E-state index in [9.17, 15) is 0 Å². The largest absolute Gasteiger partial charge is 0.381 e. The Hall–Kier alpha value is -5.79. The summed E-state index contributed by atoms with van der Waals surface area (Å²) in [5.74, 6) is 0. The SMILES string of the molecule is CCC(Cc1cc(C)c(-n2cc3c4cccc(C)c4c4nc(C)c[c-]c4c3n2)c(C)c1)OC.Cc1c[c-]c2c3nn(-c4c(C)cccc4C)cc3c3cccc(C)c3c2n1.[Ir]. The van der Waals surface area contributed by atoms with Gasteiger partial charge in [-0.05, 0) is 137 Å². The average Bonchev–Trinajstić information content (AvgIpc) is 3.86. The van der Waals surface area contributed by atoms with E-state index in [2.05, 4.69) is 140 Å². The van der Waals surface area contributed by atoms with E-state index in [0.717, 1.165) is 79.2 Å². The van der Waals surface area contributed by atoms with Crippen LogP contribution in [-0.4, -0.2) is 42.7 Å². The van der Waals surface area contributed by atoms with Gasteiger partial charge in [-0.1, -0.05) is 109 Å². The van der Waals surface area contributed by atoms with E-state index < -0.39 is 0 Å². The summed E-state index contributed by atoms with van der Waals surface area (Å²) in [5.41, 5.74) is 16.7. The second-order valence-corrected chi connectivity index (χ2v) is 16.5. The van der Waals surface area contributed by atoms with Crippen LogP contribution < -0.4 is 0 Å². The fourth-order valence-corrected chi connectivity index (χ4v) is 9.24. The van der Waals surface area contributed by atoms with E-state index in [4.69, 9.17) is 24.9 Å². The molecule has 10 aromatic rings. The van der Waals surface area contributed by atoms with Crippen LogP contribution in [0.2, 0.25) is 0 Å². The molecule has 0 bridgehead atoms. The molecule has 1 unspecified atom stereocenters. The number of hydrogen-bond donors (Lipinski definition) is 0. The van der Waals surface area contributed by atoms with E-state index in [0.29, 0.717) is 0 Å². The van der Waals surface area contributed by atoms with E-state index >= 15 is 0 Å². The maximum atomic E-state index is 5.61. The molecule has 0 saturated heterocycles. The van der Waals surface area contributed by atoms with Gasteiger partial charge in [0.25, 0.3) is 0 Å². The maximum Gasteiger partial charge on any atom is 0.0695 e. The Morgan fingerprint density at radius 2 is 0.984 bits per heavy atom. The zero-order valence-corrected chi connectivity index (χ0v) is 39.0. The van der Waals surface area contributed by atoms with Crippen LogP contribution in [-0.2, 0) is 31.3 Å². The maximum absolute atomic E-state index is 5.61. The van der Waals surface area contributed by atoms with Crippen LogP contribution in [0.3, 0.4) is 0 Å². The number of para-hydroxylation sites is 1. The van der Waals surface area contributed by atoms with Gasteiger partial charge in [-0.25, -0.2) is 19.6 Å². The van der Waals surface area contributed by atoms with Gasteiger partial charge in [0.1, 0.15) is 0 Å². The fraction of sp³-hybridized carbons (Fsp3) is 0.245. The molecular formula is C53H50IrN6O-2. The van der Waals surface area contributed by atoms with Crippen molar-refractivity contribution in [2.24, 2.45) is 0 Å². The van der Waals surface area contributed by atoms with E-state index in [-0.39, 0.29) is 26.2 Å². The molecule has 61 heavy (non-hydrogen) atoms. The summed E-state index contributed by atoms with van der Waals surface area (Å²) < 4.78 is 9.67. The molecule has 0 spiro atoms. The van der Waals surface area contributed by atoms with Gasteiger partial charge in [0.2, 0.25) is 0 Å². The molecule has 7 nitrogen and oxygen atoms in total. The van der Waals surface area contributed by atoms with Crippen molar-refractivity contribution in [3.63, 3.8) is 0 Å². The summed E-state index contributed by atoms with van der Waals surface area (Å²) in [6.45, 7) is 19.1. The molecule has 309 valence electrons. The third kappa shape index (κ3) is 7.31. The first-order chi connectivity index (χ1) is 28.9. The first kappa shape index (κ1) is 41.9. The van der Waals surface area contributed by atoms with Crippen molar-refractivity contribution >= 4 is 65.2 Å². The van der Waals surface area contributed by atoms with Crippen molar-refractivity contribution in [3.8, 4) is 11.4 Å². The van der Waals surface area contributed by atoms with Crippen molar-refractivity contribution in [2.75, 3.05) is 7.11 Å². The topological polar surface area (TPSA) is 70.7 Å². The Kier molecular flexibility index (Phi) is 11.4. The molecular weight excluding hydrogens is 929 g/mol. The van der Waals surface area contributed by atoms with Crippen LogP contribution in [0.1, 0.15) is 63.7 Å². The first-order valence-corrected chi connectivity index (χ1v) is 20.8. The Bertz CT molecular complexity index is 3280. The summed E-state index contributed by atoms with van der Waals surface area (Å²) in [6, 6.07) is 34.6. The van der Waals surface area contributed by atoms with Crippen LogP contribution in [0.15, 0.2) is 91.3 Å². The fourth-order valence-electron chi connectivity index (χ4n) is 9.24. The predicted molar refractivity (Wildman–Crippen MR) is 248 cm³/mol. The van der Waals surface area contributed by atoms with Gasteiger partial charge >= 0.3 is 0 Å². The molecule has 0 aliphatic rings. The van der Waals surface area contributed by atoms with Gasteiger partial charge in [-0.3, -0.25) is 0 Å². The van der Waals surface area contributed by atoms with Crippen molar-refractivity contribution in [2.45, 2.75) is 81.3 Å². The van der Waals surface area contributed by atoms with Crippen molar-refractivity contribution in [1.82, 2.24) is 29.5 Å². The number of benzene rings is 6. The van der Waals surface area contributed by atoms with Crippen molar-refractivity contribution in [1.29, 1.82) is 0 Å². The molecule has 0 aliphatic carbocycles. The number of hydrogen-bond acceptors (Lipinski definition) is 5. The van der Waals surface area contributed by atoms with Gasteiger partial charge in [0, 0.05) is 50.6 Å². The Balaban J connectivity index is 0.000000169. The molecule has 1 atom stereocenters. The van der Waals surface area contributed by atoms with Gasteiger partial charge in [-0.2, -0.15) is 0 Å². The normalized spacial score (nSPS) is 12.1. The quantitative estimate of drug-likeness (QED) is 0.123. The monoisotopic (exact) mass is 979 g/mol. The third-order valence-corrected chi connectivity index (χ3v) is 12.1. The molecule has 0 N–H and O–H groups in total. The van der Waals surface area contributed by atoms with Crippen molar-refractivity contribution in [3.05, 3.63) is 154 Å². The number of rotatable bonds is 6. The molecule has 10 rings (SSSR count). The first-order valence-electron chi connectivity index (χ1n) is 20.8. The summed E-state index contributed by atoms with van der Waals surface area (Å²) >= 11 is 0. The number of fused-ring (bicyclic) bond motifs is 12. The summed E-state index contributed by atoms with van der Waals surface area (Å²) in [6.07, 6.45) is 6.49. The molecule has 6 aromatic carbocycles. The van der Waals surface area contributed by atoms with Gasteiger partial charge in [-0.15, -0.1) is 24.3 Å². The number of methoxy groups -OCH3 is 1. The second kappa shape index (κ2) is 16.6. The van der Waals surface area contributed by atoms with Crippen LogP contribution in [0.4, 0.5) is 0 Å². The van der Waals surface area contributed by atoms with E-state index in [1.54, 1.807) is 7.11 Å². The molecule has 0 saturated carbocycles. The van der Waals surface area contributed by atoms with Crippen molar-refractivity contribution < 1.29 is 24.8 Å². The van der Waals surface area contributed by atoms with Crippen LogP contribution >= 0.6 is 0 Å². The zero-order chi connectivity index (χ0) is 42.0. The average molecular weight is 979 g/mol. The Morgan fingerprint density at radius 1 is 0.557 bits per heavy atom. The summed E-state index contributed by atoms with van der Waals surface area (Å²) in [7, 11) is 1.79. The van der Waals surface area contributed by atoms with E-state index in [1.807, 2.05) is 35.3 Å². The smallest absolute Gasteiger partial charge is 0.0695 e. The Morgan fingerprint density at radius 3 is 1.43 bits per heavy atom. The number of aromatic nitrogens is 6. The Labute approximate surface area is 371 Å². The molecule has 1 radical (unpaired) electrons. The summed E-state index contributed by atoms with van der Waals surface area (Å²) in [4.78, 5) is 9.75. The standard InChI is InChI=1S/C29H30N3O.C24H20N3.Ir/c1-7-22(33-6)15-21-13-18(3)29(19(4)14-21)32-16-25-23-10-8-9-17(2)26(23)28-24(27(25)31-32)12-11-20(5)30-28;1-14-7-6-10-18-20-13-27(24-15(2)8-5-9-16(24)3)26-22(20)19-12-11-17(4)25-23(19)21(14)18;/h8-11,13-14,16,22H,7,15H2,1-6H3;5-11,13H,1-4H3;/q2*-1;. The molecule has 4 aromatic heterocycles. The van der Waals surface area contributed by atoms with Gasteiger partial charge < -0.3 is 14.7 Å². The predicted octanol–water partition coefficient (Wildman–Crippen LogP) is 12.5.